The lowest BCUT2D eigenvalue weighted by Gasteiger charge is -2.10. The fourth-order valence-corrected chi connectivity index (χ4v) is 1.44. The second-order valence-corrected chi connectivity index (χ2v) is 4.61. The van der Waals surface area contributed by atoms with Crippen molar-refractivity contribution in [3.63, 3.8) is 0 Å². The minimum Gasteiger partial charge on any atom is -0.464 e. The van der Waals surface area contributed by atoms with Crippen LogP contribution in [0.1, 0.15) is 47.0 Å². The third kappa shape index (κ3) is 11.4. The molecule has 0 radical (unpaired) electrons. The monoisotopic (exact) mass is 242 g/mol. The van der Waals surface area contributed by atoms with Crippen LogP contribution in [0.25, 0.3) is 0 Å². The van der Waals surface area contributed by atoms with Crippen LogP contribution in [0, 0.1) is 5.92 Å². The van der Waals surface area contributed by atoms with Gasteiger partial charge < -0.3 is 9.47 Å². The quantitative estimate of drug-likeness (QED) is 0.353. The zero-order valence-electron chi connectivity index (χ0n) is 11.6. The minimum atomic E-state index is -0.273. The van der Waals surface area contributed by atoms with Crippen LogP contribution in [0.15, 0.2) is 11.6 Å². The van der Waals surface area contributed by atoms with Crippen LogP contribution in [0.5, 0.6) is 0 Å². The van der Waals surface area contributed by atoms with Gasteiger partial charge in [0, 0.05) is 6.61 Å². The van der Waals surface area contributed by atoms with E-state index in [0.717, 1.165) is 12.8 Å². The molecule has 0 aliphatic rings. The Kier molecular flexibility index (Phi) is 9.83. The summed E-state index contributed by atoms with van der Waals surface area (Å²) in [7, 11) is 0. The first kappa shape index (κ1) is 16.2. The Labute approximate surface area is 105 Å². The van der Waals surface area contributed by atoms with Gasteiger partial charge in [-0.25, -0.2) is 4.79 Å². The Morgan fingerprint density at radius 1 is 1.29 bits per heavy atom. The molecule has 100 valence electrons. The Morgan fingerprint density at radius 3 is 2.59 bits per heavy atom. The Morgan fingerprint density at radius 2 is 2.00 bits per heavy atom. The summed E-state index contributed by atoms with van der Waals surface area (Å²) in [6, 6.07) is 0. The van der Waals surface area contributed by atoms with Crippen molar-refractivity contribution in [3.05, 3.63) is 11.6 Å². The van der Waals surface area contributed by atoms with Gasteiger partial charge in [0.05, 0.1) is 6.61 Å². The summed E-state index contributed by atoms with van der Waals surface area (Å²) in [5, 5.41) is 0. The lowest BCUT2D eigenvalue weighted by molar-refractivity contribution is -0.148. The molecule has 1 atom stereocenters. The summed E-state index contributed by atoms with van der Waals surface area (Å²) in [6.07, 6.45) is 5.56. The second-order valence-electron chi connectivity index (χ2n) is 4.61. The van der Waals surface area contributed by atoms with Crippen molar-refractivity contribution >= 4 is 5.97 Å². The van der Waals surface area contributed by atoms with E-state index in [1.807, 2.05) is 0 Å². The van der Waals surface area contributed by atoms with E-state index in [0.29, 0.717) is 19.1 Å². The number of allylic oxidation sites excluding steroid dienone is 2. The second kappa shape index (κ2) is 10.3. The number of carbonyl (C=O) groups is 1. The van der Waals surface area contributed by atoms with Gasteiger partial charge in [0.25, 0.3) is 0 Å². The molecule has 17 heavy (non-hydrogen) atoms. The zero-order chi connectivity index (χ0) is 13.1. The Bertz CT molecular complexity index is 230. The van der Waals surface area contributed by atoms with Gasteiger partial charge in [0.15, 0.2) is 0 Å². The van der Waals surface area contributed by atoms with Gasteiger partial charge in [-0.3, -0.25) is 0 Å². The third-order valence-electron chi connectivity index (χ3n) is 2.49. The molecule has 0 aromatic heterocycles. The number of ether oxygens (including phenoxy) is 2. The van der Waals surface area contributed by atoms with Crippen LogP contribution in [-0.4, -0.2) is 25.8 Å². The summed E-state index contributed by atoms with van der Waals surface area (Å²) >= 11 is 0. The molecular weight excluding hydrogens is 216 g/mol. The summed E-state index contributed by atoms with van der Waals surface area (Å²) < 4.78 is 10.0. The van der Waals surface area contributed by atoms with Crippen molar-refractivity contribution in [1.29, 1.82) is 0 Å². The van der Waals surface area contributed by atoms with Gasteiger partial charge in [-0.15, -0.1) is 0 Å². The van der Waals surface area contributed by atoms with Gasteiger partial charge in [-0.1, -0.05) is 18.6 Å². The number of esters is 1. The third-order valence-corrected chi connectivity index (χ3v) is 2.49. The predicted molar refractivity (Wildman–Crippen MR) is 69.9 cm³/mol. The van der Waals surface area contributed by atoms with Crippen molar-refractivity contribution < 1.29 is 14.3 Å². The maximum Gasteiger partial charge on any atom is 0.332 e. The molecule has 0 heterocycles. The first-order valence-electron chi connectivity index (χ1n) is 6.43. The molecule has 1 unspecified atom stereocenters. The lowest BCUT2D eigenvalue weighted by atomic mass is 10.0. The molecule has 0 spiro atoms. The number of carbonyl (C=O) groups excluding carboxylic acids is 1. The van der Waals surface area contributed by atoms with Crippen molar-refractivity contribution in [2.45, 2.75) is 47.0 Å². The van der Waals surface area contributed by atoms with Crippen LogP contribution in [0.2, 0.25) is 0 Å². The smallest absolute Gasteiger partial charge is 0.332 e. The highest BCUT2D eigenvalue weighted by molar-refractivity contribution is 5.70. The fraction of sp³-hybridized carbons (Fsp3) is 0.786. The van der Waals surface area contributed by atoms with Crippen LogP contribution < -0.4 is 0 Å². The van der Waals surface area contributed by atoms with Gasteiger partial charge in [-0.2, -0.15) is 0 Å². The topological polar surface area (TPSA) is 35.5 Å². The first-order valence-corrected chi connectivity index (χ1v) is 6.43. The molecule has 0 bridgehead atoms. The van der Waals surface area contributed by atoms with Crippen LogP contribution in [0.4, 0.5) is 0 Å². The van der Waals surface area contributed by atoms with E-state index in [4.69, 9.17) is 9.47 Å². The largest absolute Gasteiger partial charge is 0.464 e. The molecule has 0 aromatic carbocycles. The van der Waals surface area contributed by atoms with E-state index in [9.17, 15) is 4.79 Å². The fourth-order valence-electron chi connectivity index (χ4n) is 1.44. The van der Waals surface area contributed by atoms with Crippen LogP contribution in [0.3, 0.4) is 0 Å². The molecule has 0 N–H and O–H groups in total. The van der Waals surface area contributed by atoms with Crippen LogP contribution in [-0.2, 0) is 14.3 Å². The highest BCUT2D eigenvalue weighted by atomic mass is 16.6. The molecule has 3 heteroatoms. The van der Waals surface area contributed by atoms with E-state index in [-0.39, 0.29) is 12.6 Å². The van der Waals surface area contributed by atoms with Crippen molar-refractivity contribution in [1.82, 2.24) is 0 Å². The molecule has 0 aliphatic carbocycles. The standard InChI is InChI=1S/C14H26O3/c1-5-17-14(15)11-16-10-9-13(4)8-6-7-12(2)3/h7,13H,5-6,8-11H2,1-4H3. The zero-order valence-corrected chi connectivity index (χ0v) is 11.6. The van der Waals surface area contributed by atoms with Crippen molar-refractivity contribution in [2.75, 3.05) is 19.8 Å². The number of rotatable bonds is 9. The van der Waals surface area contributed by atoms with E-state index in [1.165, 1.54) is 12.0 Å². The molecule has 0 aromatic rings. The highest BCUT2D eigenvalue weighted by Gasteiger charge is 2.04. The van der Waals surface area contributed by atoms with Crippen molar-refractivity contribution in [3.8, 4) is 0 Å². The first-order chi connectivity index (χ1) is 8.06. The molecular formula is C14H26O3. The lowest BCUT2D eigenvalue weighted by Crippen LogP contribution is -2.13. The summed E-state index contributed by atoms with van der Waals surface area (Å²) in [4.78, 5) is 11.0. The molecule has 3 nitrogen and oxygen atoms in total. The van der Waals surface area contributed by atoms with Crippen molar-refractivity contribution in [2.24, 2.45) is 5.92 Å². The van der Waals surface area contributed by atoms with E-state index in [2.05, 4.69) is 26.8 Å². The van der Waals surface area contributed by atoms with Gasteiger partial charge in [0.1, 0.15) is 6.61 Å². The maximum atomic E-state index is 11.0. The van der Waals surface area contributed by atoms with E-state index < -0.39 is 0 Å². The summed E-state index contributed by atoms with van der Waals surface area (Å²) in [5.74, 6) is 0.359. The summed E-state index contributed by atoms with van der Waals surface area (Å²) in [6.45, 7) is 9.38. The minimum absolute atomic E-state index is 0.0779. The SMILES string of the molecule is CCOC(=O)COCCC(C)CCC=C(C)C. The Balaban J connectivity index is 3.42. The molecule has 0 saturated heterocycles. The molecule has 0 fully saturated rings. The maximum absolute atomic E-state index is 11.0. The van der Waals surface area contributed by atoms with Gasteiger partial charge in [0.2, 0.25) is 0 Å². The molecule has 0 amide bonds. The number of hydrogen-bond acceptors (Lipinski definition) is 3. The normalized spacial score (nSPS) is 12.0. The average molecular weight is 242 g/mol. The van der Waals surface area contributed by atoms with E-state index in [1.54, 1.807) is 6.92 Å². The molecule has 0 aliphatic heterocycles. The molecule has 0 saturated carbocycles. The highest BCUT2D eigenvalue weighted by Crippen LogP contribution is 2.11. The van der Waals surface area contributed by atoms with E-state index >= 15 is 0 Å². The Hall–Kier alpha value is -0.830. The van der Waals surface area contributed by atoms with Gasteiger partial charge >= 0.3 is 5.97 Å². The molecule has 0 rings (SSSR count). The average Bonchev–Trinajstić information content (AvgIpc) is 2.24. The summed E-state index contributed by atoms with van der Waals surface area (Å²) in [5.41, 5.74) is 1.37. The number of hydrogen-bond donors (Lipinski definition) is 0. The van der Waals surface area contributed by atoms with Crippen LogP contribution >= 0.6 is 0 Å². The predicted octanol–water partition coefficient (Wildman–Crippen LogP) is 3.34. The van der Waals surface area contributed by atoms with Gasteiger partial charge in [-0.05, 0) is 46.0 Å².